The van der Waals surface area contributed by atoms with Crippen LogP contribution >= 0.6 is 0 Å². The number of allylic oxidation sites excluding steroid dienone is 1. The maximum absolute atomic E-state index is 11.8. The van der Waals surface area contributed by atoms with E-state index < -0.39 is 0 Å². The van der Waals surface area contributed by atoms with Crippen LogP contribution < -0.4 is 0 Å². The molecule has 0 fully saturated rings. The Labute approximate surface area is 89.5 Å². The summed E-state index contributed by atoms with van der Waals surface area (Å²) < 4.78 is 0. The lowest BCUT2D eigenvalue weighted by molar-refractivity contribution is -0.116. The van der Waals surface area contributed by atoms with E-state index in [9.17, 15) is 9.59 Å². The van der Waals surface area contributed by atoms with Crippen LogP contribution in [0, 0.1) is 0 Å². The van der Waals surface area contributed by atoms with Crippen LogP contribution in [0.5, 0.6) is 0 Å². The molecule has 82 valence electrons. The maximum Gasteiger partial charge on any atom is 0.324 e. The predicted molar refractivity (Wildman–Crippen MR) is 56.3 cm³/mol. The van der Waals surface area contributed by atoms with Gasteiger partial charge in [0.1, 0.15) is 0 Å². The highest BCUT2D eigenvalue weighted by molar-refractivity contribution is 6.00. The van der Waals surface area contributed by atoms with E-state index in [1.807, 2.05) is 6.92 Å². The minimum Gasteiger partial charge on any atom is -0.320 e. The second kappa shape index (κ2) is 3.36. The molecule has 0 aromatic rings. The second-order valence-electron chi connectivity index (χ2n) is 4.27. The number of urea groups is 1. The lowest BCUT2D eigenvalue weighted by Gasteiger charge is -2.40. The van der Waals surface area contributed by atoms with Crippen LogP contribution in [-0.4, -0.2) is 41.8 Å². The Morgan fingerprint density at radius 2 is 1.87 bits per heavy atom. The molecule has 1 aliphatic heterocycles. The Morgan fingerprint density at radius 1 is 1.20 bits per heavy atom. The molecular formula is C11H16N2O2. The molecule has 0 aromatic carbocycles. The van der Waals surface area contributed by atoms with Gasteiger partial charge in [-0.05, 0) is 19.8 Å². The van der Waals surface area contributed by atoms with Crippen molar-refractivity contribution >= 4 is 11.8 Å². The smallest absolute Gasteiger partial charge is 0.320 e. The van der Waals surface area contributed by atoms with E-state index in [4.69, 9.17) is 0 Å². The van der Waals surface area contributed by atoms with Crippen molar-refractivity contribution in [3.63, 3.8) is 0 Å². The number of carbonyl (C=O) groups is 2. The van der Waals surface area contributed by atoms with Gasteiger partial charge in [0.2, 0.25) is 0 Å². The van der Waals surface area contributed by atoms with Gasteiger partial charge >= 0.3 is 6.03 Å². The molecule has 1 aliphatic carbocycles. The summed E-state index contributed by atoms with van der Waals surface area (Å²) in [5.74, 6) is 0.204. The van der Waals surface area contributed by atoms with Gasteiger partial charge in [-0.15, -0.1) is 0 Å². The molecule has 0 aromatic heterocycles. The zero-order valence-electron chi connectivity index (χ0n) is 9.41. The monoisotopic (exact) mass is 208 g/mol. The zero-order chi connectivity index (χ0) is 11.2. The normalized spacial score (nSPS) is 27.3. The molecule has 1 heterocycles. The van der Waals surface area contributed by atoms with E-state index in [2.05, 4.69) is 0 Å². The predicted octanol–water partition coefficient (Wildman–Crippen LogP) is 1.38. The van der Waals surface area contributed by atoms with E-state index in [1.54, 1.807) is 23.9 Å². The molecule has 2 rings (SSSR count). The molecule has 15 heavy (non-hydrogen) atoms. The molecule has 4 heteroatoms. The van der Waals surface area contributed by atoms with Gasteiger partial charge in [0, 0.05) is 31.8 Å². The summed E-state index contributed by atoms with van der Waals surface area (Å²) in [5, 5.41) is 0. The molecule has 0 saturated carbocycles. The van der Waals surface area contributed by atoms with Crippen LogP contribution in [0.15, 0.2) is 11.3 Å². The second-order valence-corrected chi connectivity index (χ2v) is 4.27. The fourth-order valence-corrected chi connectivity index (χ4v) is 2.38. The van der Waals surface area contributed by atoms with Crippen LogP contribution in [0.3, 0.4) is 0 Å². The fourth-order valence-electron chi connectivity index (χ4n) is 2.38. The van der Waals surface area contributed by atoms with Crippen LogP contribution in [0.25, 0.3) is 0 Å². The molecule has 4 nitrogen and oxygen atoms in total. The summed E-state index contributed by atoms with van der Waals surface area (Å²) in [4.78, 5) is 26.9. The Bertz CT molecular complexity index is 360. The first-order valence-electron chi connectivity index (χ1n) is 5.30. The van der Waals surface area contributed by atoms with E-state index in [0.717, 1.165) is 24.1 Å². The Balaban J connectivity index is 2.50. The average molecular weight is 208 g/mol. The van der Waals surface area contributed by atoms with Crippen molar-refractivity contribution in [1.29, 1.82) is 0 Å². The highest BCUT2D eigenvalue weighted by atomic mass is 16.2. The Kier molecular flexibility index (Phi) is 2.29. The van der Waals surface area contributed by atoms with Gasteiger partial charge < -0.3 is 9.80 Å². The first-order chi connectivity index (χ1) is 7.04. The molecule has 0 N–H and O–H groups in total. The van der Waals surface area contributed by atoms with Crippen molar-refractivity contribution < 1.29 is 9.59 Å². The van der Waals surface area contributed by atoms with Crippen molar-refractivity contribution in [3.05, 3.63) is 11.3 Å². The van der Waals surface area contributed by atoms with Crippen molar-refractivity contribution in [1.82, 2.24) is 9.80 Å². The minimum absolute atomic E-state index is 0.0176. The summed E-state index contributed by atoms with van der Waals surface area (Å²) >= 11 is 0. The number of carbonyl (C=O) groups excluding carboxylic acids is 2. The van der Waals surface area contributed by atoms with Crippen LogP contribution in [0.2, 0.25) is 0 Å². The number of hydrogen-bond acceptors (Lipinski definition) is 2. The average Bonchev–Trinajstić information content (AvgIpc) is 2.23. The quantitative estimate of drug-likeness (QED) is 0.603. The highest BCUT2D eigenvalue weighted by Crippen LogP contribution is 2.32. The molecule has 1 atom stereocenters. The van der Waals surface area contributed by atoms with Gasteiger partial charge in [-0.1, -0.05) is 0 Å². The van der Waals surface area contributed by atoms with E-state index >= 15 is 0 Å². The molecule has 0 saturated heterocycles. The summed E-state index contributed by atoms with van der Waals surface area (Å²) in [5.41, 5.74) is 1.77. The third-order valence-corrected chi connectivity index (χ3v) is 3.42. The van der Waals surface area contributed by atoms with E-state index in [-0.39, 0.29) is 17.9 Å². The van der Waals surface area contributed by atoms with Gasteiger partial charge in [-0.25, -0.2) is 4.79 Å². The van der Waals surface area contributed by atoms with Crippen molar-refractivity contribution in [3.8, 4) is 0 Å². The largest absolute Gasteiger partial charge is 0.324 e. The number of Topliss-reactive ketones (excluding diaryl/α,β-unsaturated/α-hetero) is 1. The number of ketones is 1. The summed E-state index contributed by atoms with van der Waals surface area (Å²) in [6.07, 6.45) is 2.34. The van der Waals surface area contributed by atoms with Gasteiger partial charge in [-0.2, -0.15) is 0 Å². The van der Waals surface area contributed by atoms with E-state index in [0.29, 0.717) is 6.42 Å². The fraction of sp³-hybridized carbons (Fsp3) is 0.636. The lowest BCUT2D eigenvalue weighted by Crippen LogP contribution is -2.51. The van der Waals surface area contributed by atoms with Crippen LogP contribution in [0.4, 0.5) is 4.79 Å². The molecule has 2 aliphatic rings. The van der Waals surface area contributed by atoms with Crippen LogP contribution in [-0.2, 0) is 4.79 Å². The van der Waals surface area contributed by atoms with Gasteiger partial charge in [0.15, 0.2) is 5.78 Å². The zero-order valence-corrected chi connectivity index (χ0v) is 9.41. The minimum atomic E-state index is -0.0727. The molecular weight excluding hydrogens is 192 g/mol. The van der Waals surface area contributed by atoms with Gasteiger partial charge in [0.05, 0.1) is 6.04 Å². The SMILES string of the molecule is CC1C2=C(CCCC2=O)N(C)C(=O)N1C. The Hall–Kier alpha value is -1.32. The standard InChI is InChI=1S/C11H16N2O2/c1-7-10-8(5-4-6-9(10)14)13(3)11(15)12(7)2/h7H,4-6H2,1-3H3. The highest BCUT2D eigenvalue weighted by Gasteiger charge is 2.37. The third kappa shape index (κ3) is 1.35. The third-order valence-electron chi connectivity index (χ3n) is 3.42. The molecule has 0 bridgehead atoms. The van der Waals surface area contributed by atoms with Crippen molar-refractivity contribution in [2.24, 2.45) is 0 Å². The number of amides is 2. The first-order valence-corrected chi connectivity index (χ1v) is 5.30. The van der Waals surface area contributed by atoms with E-state index in [1.165, 1.54) is 0 Å². The number of rotatable bonds is 0. The van der Waals surface area contributed by atoms with Gasteiger partial charge in [0.25, 0.3) is 0 Å². The molecule has 0 spiro atoms. The van der Waals surface area contributed by atoms with Crippen molar-refractivity contribution in [2.45, 2.75) is 32.2 Å². The number of likely N-dealkylation sites (N-methyl/N-ethyl adjacent to an activating group) is 1. The molecule has 1 unspecified atom stereocenters. The summed E-state index contributed by atoms with van der Waals surface area (Å²) in [6, 6.07) is -0.0903. The molecule has 0 radical (unpaired) electrons. The first kappa shape index (κ1) is 10.2. The number of hydrogen-bond donors (Lipinski definition) is 0. The molecule has 2 amide bonds. The maximum atomic E-state index is 11.8. The lowest BCUT2D eigenvalue weighted by atomic mass is 9.88. The van der Waals surface area contributed by atoms with Crippen molar-refractivity contribution in [2.75, 3.05) is 14.1 Å². The topological polar surface area (TPSA) is 40.6 Å². The summed E-state index contributed by atoms with van der Waals surface area (Å²) in [7, 11) is 3.49. The number of nitrogens with zero attached hydrogens (tertiary/aromatic N) is 2. The van der Waals surface area contributed by atoms with Crippen LogP contribution in [0.1, 0.15) is 26.2 Å². The Morgan fingerprint density at radius 3 is 2.53 bits per heavy atom. The van der Waals surface area contributed by atoms with Gasteiger partial charge in [-0.3, -0.25) is 4.79 Å². The summed E-state index contributed by atoms with van der Waals surface area (Å²) in [6.45, 7) is 1.92.